The smallest absolute Gasteiger partial charge is 0.235 e. The minimum atomic E-state index is -0.827. The lowest BCUT2D eigenvalue weighted by molar-refractivity contribution is -0.171. The van der Waals surface area contributed by atoms with E-state index in [0.717, 1.165) is 0 Å². The Bertz CT molecular complexity index is 1000. The van der Waals surface area contributed by atoms with Crippen LogP contribution in [0.1, 0.15) is 67.2 Å². The minimum Gasteiger partial charge on any atom is -0.390 e. The molecule has 5 rings (SSSR count). The lowest BCUT2D eigenvalue weighted by Gasteiger charge is -2.48. The third-order valence-electron chi connectivity index (χ3n) is 12.2. The first-order valence-corrected chi connectivity index (χ1v) is 15.1. The SMILES string of the molecule is CC1(C)[C@@H]2CC[C@@]1(C)C(=O)N(C[C@@H](O)CN1CCN(C[C@@H](O)CN3C(=O)[C@@H]4CC[C@](C)(C3=O)C4(C)C)CC1)C2=O. The summed E-state index contributed by atoms with van der Waals surface area (Å²) in [5, 5.41) is 21.7. The molecule has 4 amide bonds. The van der Waals surface area contributed by atoms with Crippen LogP contribution in [0.4, 0.5) is 0 Å². The van der Waals surface area contributed by atoms with Gasteiger partial charge in [-0.25, -0.2) is 0 Å². The van der Waals surface area contributed by atoms with Crippen LogP contribution in [0, 0.1) is 33.5 Å². The van der Waals surface area contributed by atoms with E-state index in [1.807, 2.05) is 41.5 Å². The molecule has 2 saturated carbocycles. The highest BCUT2D eigenvalue weighted by molar-refractivity contribution is 6.04. The van der Waals surface area contributed by atoms with Crippen molar-refractivity contribution in [3.63, 3.8) is 0 Å². The fourth-order valence-electron chi connectivity index (χ4n) is 8.44. The van der Waals surface area contributed by atoms with Crippen molar-refractivity contribution in [3.8, 4) is 0 Å². The summed E-state index contributed by atoms with van der Waals surface area (Å²) in [7, 11) is 0. The van der Waals surface area contributed by atoms with Crippen LogP contribution in [-0.2, 0) is 19.2 Å². The van der Waals surface area contributed by atoms with Gasteiger partial charge in [0.1, 0.15) is 0 Å². The van der Waals surface area contributed by atoms with Crippen LogP contribution in [-0.4, -0.2) is 118 Å². The van der Waals surface area contributed by atoms with Crippen LogP contribution in [0.5, 0.6) is 0 Å². The van der Waals surface area contributed by atoms with Crippen LogP contribution in [0.25, 0.3) is 0 Å². The van der Waals surface area contributed by atoms with E-state index >= 15 is 0 Å². The Morgan fingerprint density at radius 3 is 1.27 bits per heavy atom. The molecule has 6 atom stereocenters. The molecular weight excluding hydrogens is 512 g/mol. The molecule has 4 bridgehead atoms. The van der Waals surface area contributed by atoms with Gasteiger partial charge < -0.3 is 10.2 Å². The molecule has 10 nitrogen and oxygen atoms in total. The van der Waals surface area contributed by atoms with Crippen LogP contribution >= 0.6 is 0 Å². The quantitative estimate of drug-likeness (QED) is 0.421. The third-order valence-corrected chi connectivity index (χ3v) is 12.2. The topological polar surface area (TPSA) is 122 Å². The molecule has 40 heavy (non-hydrogen) atoms. The van der Waals surface area contributed by atoms with Crippen molar-refractivity contribution in [2.24, 2.45) is 33.5 Å². The van der Waals surface area contributed by atoms with E-state index in [9.17, 15) is 29.4 Å². The van der Waals surface area contributed by atoms with Gasteiger partial charge in [0.15, 0.2) is 0 Å². The second kappa shape index (κ2) is 9.85. The maximum absolute atomic E-state index is 13.3. The van der Waals surface area contributed by atoms with E-state index in [2.05, 4.69) is 9.80 Å². The van der Waals surface area contributed by atoms with Crippen LogP contribution in [0.3, 0.4) is 0 Å². The van der Waals surface area contributed by atoms with Gasteiger partial charge in [0.2, 0.25) is 23.6 Å². The Balaban J connectivity index is 1.09. The molecule has 0 aromatic heterocycles. The average Bonchev–Trinajstić information content (AvgIpc) is 3.20. The molecule has 0 aromatic rings. The number of hydrogen-bond acceptors (Lipinski definition) is 8. The van der Waals surface area contributed by atoms with Crippen molar-refractivity contribution >= 4 is 23.6 Å². The molecule has 5 aliphatic rings. The van der Waals surface area contributed by atoms with E-state index < -0.39 is 23.0 Å². The second-order valence-electron chi connectivity index (χ2n) is 14.7. The number of aliphatic hydroxyl groups is 2. The number of β-amino-alcohol motifs (C(OH)–C–C–N with tert-alkyl or cyclic N) is 2. The summed E-state index contributed by atoms with van der Waals surface area (Å²) < 4.78 is 0. The van der Waals surface area contributed by atoms with Crippen molar-refractivity contribution < 1.29 is 29.4 Å². The van der Waals surface area contributed by atoms with Crippen molar-refractivity contribution in [3.05, 3.63) is 0 Å². The minimum absolute atomic E-state index is 0.0212. The molecule has 3 saturated heterocycles. The average molecular weight is 561 g/mol. The van der Waals surface area contributed by atoms with Gasteiger partial charge in [-0.05, 0) is 36.5 Å². The number of piperazine rings is 1. The lowest BCUT2D eigenvalue weighted by atomic mass is 9.62. The number of fused-ring (bicyclic) bond motifs is 4. The maximum atomic E-state index is 13.3. The Morgan fingerprint density at radius 2 is 0.950 bits per heavy atom. The summed E-state index contributed by atoms with van der Waals surface area (Å²) in [6.45, 7) is 15.4. The second-order valence-corrected chi connectivity index (χ2v) is 14.7. The molecule has 3 aliphatic heterocycles. The van der Waals surface area contributed by atoms with Gasteiger partial charge in [-0.3, -0.25) is 38.8 Å². The first-order valence-electron chi connectivity index (χ1n) is 15.1. The van der Waals surface area contributed by atoms with Gasteiger partial charge >= 0.3 is 0 Å². The Hall–Kier alpha value is -1.88. The molecular formula is C30H48N4O6. The van der Waals surface area contributed by atoms with Crippen LogP contribution < -0.4 is 0 Å². The third kappa shape index (κ3) is 4.27. The van der Waals surface area contributed by atoms with Crippen molar-refractivity contribution in [1.29, 1.82) is 0 Å². The largest absolute Gasteiger partial charge is 0.390 e. The summed E-state index contributed by atoms with van der Waals surface area (Å²) in [4.78, 5) is 59.6. The van der Waals surface area contributed by atoms with Gasteiger partial charge in [-0.15, -0.1) is 0 Å². The fraction of sp³-hybridized carbons (Fsp3) is 0.867. The molecule has 0 radical (unpaired) electrons. The van der Waals surface area contributed by atoms with E-state index in [4.69, 9.17) is 0 Å². The number of carbonyl (C=O) groups excluding carboxylic acids is 4. The molecule has 0 spiro atoms. The summed E-state index contributed by atoms with van der Waals surface area (Å²) in [6, 6.07) is 0. The number of imide groups is 2. The molecule has 2 N–H and O–H groups in total. The Kier molecular flexibility index (Phi) is 7.29. The predicted molar refractivity (Wildman–Crippen MR) is 148 cm³/mol. The number of likely N-dealkylation sites (tertiary alicyclic amines) is 2. The molecule has 224 valence electrons. The summed E-state index contributed by atoms with van der Waals surface area (Å²) in [5.74, 6) is -0.997. The number of nitrogens with zero attached hydrogens (tertiary/aromatic N) is 4. The highest BCUT2D eigenvalue weighted by Gasteiger charge is 2.65. The number of piperidine rings is 2. The Labute approximate surface area is 238 Å². The van der Waals surface area contributed by atoms with Gasteiger partial charge in [0.25, 0.3) is 0 Å². The molecule has 5 fully saturated rings. The summed E-state index contributed by atoms with van der Waals surface area (Å²) in [5.41, 5.74) is -1.89. The van der Waals surface area contributed by atoms with E-state index in [1.54, 1.807) is 0 Å². The fourth-order valence-corrected chi connectivity index (χ4v) is 8.44. The van der Waals surface area contributed by atoms with Crippen LogP contribution in [0.15, 0.2) is 0 Å². The van der Waals surface area contributed by atoms with Gasteiger partial charge in [0.05, 0.1) is 36.1 Å². The predicted octanol–water partition coefficient (Wildman–Crippen LogP) is 0.948. The summed E-state index contributed by atoms with van der Waals surface area (Å²) in [6.07, 6.45) is 1.18. The van der Waals surface area contributed by atoms with Crippen molar-refractivity contribution in [1.82, 2.24) is 19.6 Å². The van der Waals surface area contributed by atoms with Gasteiger partial charge in [-0.1, -0.05) is 41.5 Å². The zero-order valence-corrected chi connectivity index (χ0v) is 25.1. The first-order chi connectivity index (χ1) is 18.5. The van der Waals surface area contributed by atoms with E-state index in [1.165, 1.54) is 9.80 Å². The molecule has 0 aromatic carbocycles. The standard InChI is InChI=1S/C30H48N4O6/c1-27(2)21-7-9-29(27,5)25(39)33(23(21)37)17-19(35)15-31-11-13-32(14-12-31)16-20(36)18-34-24(38)22-8-10-30(6,26(34)40)28(22,3)4/h19-22,35-36H,7-18H2,1-6H3/t19-,20+,21+,22-,29-,30+. The summed E-state index contributed by atoms with van der Waals surface area (Å²) >= 11 is 0. The molecule has 0 unspecified atom stereocenters. The lowest BCUT2D eigenvalue weighted by Crippen LogP contribution is -2.61. The maximum Gasteiger partial charge on any atom is 0.235 e. The number of carbonyl (C=O) groups is 4. The zero-order valence-electron chi connectivity index (χ0n) is 25.1. The van der Waals surface area contributed by atoms with Crippen molar-refractivity contribution in [2.45, 2.75) is 79.4 Å². The van der Waals surface area contributed by atoms with E-state index in [0.29, 0.717) is 65.0 Å². The van der Waals surface area contributed by atoms with E-state index in [-0.39, 0.29) is 59.4 Å². The van der Waals surface area contributed by atoms with Crippen LogP contribution in [0.2, 0.25) is 0 Å². The monoisotopic (exact) mass is 560 g/mol. The normalized spacial score (nSPS) is 37.4. The number of hydrogen-bond donors (Lipinski definition) is 2. The zero-order chi connectivity index (χ0) is 29.4. The molecule has 10 heteroatoms. The first kappa shape index (κ1) is 29.6. The number of aliphatic hydroxyl groups excluding tert-OH is 2. The van der Waals surface area contributed by atoms with Gasteiger partial charge in [-0.2, -0.15) is 0 Å². The highest BCUT2D eigenvalue weighted by Crippen LogP contribution is 2.61. The highest BCUT2D eigenvalue weighted by atomic mass is 16.3. The molecule has 2 aliphatic carbocycles. The number of amides is 4. The molecule has 3 heterocycles. The Morgan fingerprint density at radius 1 is 0.625 bits per heavy atom. The number of rotatable bonds is 8. The van der Waals surface area contributed by atoms with Crippen molar-refractivity contribution in [2.75, 3.05) is 52.4 Å². The van der Waals surface area contributed by atoms with Gasteiger partial charge in [0, 0.05) is 51.1 Å².